The minimum atomic E-state index is -0.970. The number of ketones is 1. The average molecular weight is 456 g/mol. The second-order valence-electron chi connectivity index (χ2n) is 8.62. The number of amides is 1. The fourth-order valence-corrected chi connectivity index (χ4v) is 5.36. The van der Waals surface area contributed by atoms with Crippen molar-refractivity contribution < 1.29 is 23.8 Å². The maximum absolute atomic E-state index is 14.1. The number of aliphatic hydroxyl groups is 1. The number of benzene rings is 2. The Hall–Kier alpha value is -2.70. The van der Waals surface area contributed by atoms with E-state index >= 15 is 0 Å². The zero-order valence-electron chi connectivity index (χ0n) is 17.3. The number of rotatable bonds is 4. The molecule has 0 aromatic heterocycles. The fourth-order valence-electron chi connectivity index (χ4n) is 5.04. The molecule has 2 aromatic carbocycles. The molecule has 7 heteroatoms. The summed E-state index contributed by atoms with van der Waals surface area (Å²) in [5, 5.41) is 10.7. The molecular formula is C25H23ClFNO4. The number of fused-ring (bicyclic) bond motifs is 1. The third-order valence-electron chi connectivity index (χ3n) is 6.60. The number of nitrogens with zero attached hydrogens (tertiary/aromatic N) is 1. The minimum absolute atomic E-state index is 0.0267. The Labute approximate surface area is 190 Å². The Kier molecular flexibility index (Phi) is 5.51. The number of carbonyl (C=O) groups excluding carboxylic acids is 2. The normalized spacial score (nSPS) is 28.3. The highest BCUT2D eigenvalue weighted by atomic mass is 35.5. The van der Waals surface area contributed by atoms with Gasteiger partial charge in [-0.05, 0) is 42.5 Å². The molecule has 2 heterocycles. The second-order valence-corrected chi connectivity index (χ2v) is 9.24. The Morgan fingerprint density at radius 2 is 1.91 bits per heavy atom. The van der Waals surface area contributed by atoms with E-state index in [1.807, 2.05) is 6.07 Å². The predicted octanol–water partition coefficient (Wildman–Crippen LogP) is 4.07. The van der Waals surface area contributed by atoms with Gasteiger partial charge in [0.15, 0.2) is 11.5 Å². The summed E-state index contributed by atoms with van der Waals surface area (Å²) in [6.45, 7) is -0.0544. The Morgan fingerprint density at radius 3 is 2.66 bits per heavy atom. The van der Waals surface area contributed by atoms with Gasteiger partial charge in [-0.3, -0.25) is 9.59 Å². The largest absolute Gasteiger partial charge is 0.483 e. The number of Topliss-reactive ketones (excluding diaryl/α,β-unsaturated/α-hetero) is 1. The van der Waals surface area contributed by atoms with E-state index in [2.05, 4.69) is 0 Å². The number of halogens is 2. The first kappa shape index (κ1) is 21.2. The summed E-state index contributed by atoms with van der Waals surface area (Å²) in [5.74, 6) is -1.48. The first-order chi connectivity index (χ1) is 15.4. The van der Waals surface area contributed by atoms with E-state index in [-0.39, 0.29) is 35.1 Å². The lowest BCUT2D eigenvalue weighted by atomic mass is 9.77. The van der Waals surface area contributed by atoms with Gasteiger partial charge in [-0.2, -0.15) is 0 Å². The average Bonchev–Trinajstić information content (AvgIpc) is 3.07. The summed E-state index contributed by atoms with van der Waals surface area (Å²) in [4.78, 5) is 28.4. The molecule has 32 heavy (non-hydrogen) atoms. The maximum atomic E-state index is 14.1. The topological polar surface area (TPSA) is 66.8 Å². The molecule has 0 bridgehead atoms. The van der Waals surface area contributed by atoms with E-state index < -0.39 is 29.8 Å². The van der Waals surface area contributed by atoms with Crippen molar-refractivity contribution in [2.75, 3.05) is 6.54 Å². The fraction of sp³-hybridized carbons (Fsp3) is 0.360. The molecule has 5 unspecified atom stereocenters. The lowest BCUT2D eigenvalue weighted by Gasteiger charge is -2.37. The summed E-state index contributed by atoms with van der Waals surface area (Å²) < 4.78 is 20.2. The van der Waals surface area contributed by atoms with Gasteiger partial charge in [-0.15, -0.1) is 11.6 Å². The standard InChI is InChI=1S/C25H23ClFNO4/c26-16-9-10-20-18(12-16)23(30)21-22(15-7-4-8-17(27)11-15)28(25(31)24(21)32-20)13-19(29)14-5-2-1-3-6-14/h1-8,11,16,18-20,22,29H,9-10,12-13H2. The van der Waals surface area contributed by atoms with Gasteiger partial charge in [0.05, 0.1) is 30.2 Å². The SMILES string of the molecule is O=C1C2=C(OC3CCC(Cl)CC13)C(=O)N(CC(O)c1ccccc1)C2c1cccc(F)c1. The summed E-state index contributed by atoms with van der Waals surface area (Å²) in [7, 11) is 0. The van der Waals surface area contributed by atoms with Crippen LogP contribution in [-0.4, -0.2) is 39.7 Å². The molecule has 3 aliphatic rings. The molecule has 1 amide bonds. The molecule has 5 nitrogen and oxygen atoms in total. The second kappa shape index (κ2) is 8.34. The molecule has 2 aromatic rings. The van der Waals surface area contributed by atoms with Gasteiger partial charge in [0.25, 0.3) is 5.91 Å². The first-order valence-electron chi connectivity index (χ1n) is 10.8. The van der Waals surface area contributed by atoms with Crippen molar-refractivity contribution in [2.24, 2.45) is 5.92 Å². The number of aliphatic hydroxyl groups excluding tert-OH is 1. The molecule has 1 N–H and O–H groups in total. The summed E-state index contributed by atoms with van der Waals surface area (Å²) in [6, 6.07) is 14.0. The molecule has 2 aliphatic heterocycles. The number of β-amino-alcohol motifs (C(OH)–C–C–N with tert-alkyl or cyclic N) is 1. The Bertz CT molecular complexity index is 1090. The third-order valence-corrected chi connectivity index (χ3v) is 6.99. The Balaban J connectivity index is 1.55. The van der Waals surface area contributed by atoms with E-state index in [0.29, 0.717) is 24.0 Å². The number of hydrogen-bond donors (Lipinski definition) is 1. The zero-order chi connectivity index (χ0) is 22.4. The van der Waals surface area contributed by atoms with E-state index in [1.165, 1.54) is 17.0 Å². The van der Waals surface area contributed by atoms with Crippen molar-refractivity contribution in [3.05, 3.63) is 82.9 Å². The van der Waals surface area contributed by atoms with Crippen molar-refractivity contribution in [3.63, 3.8) is 0 Å². The van der Waals surface area contributed by atoms with Crippen molar-refractivity contribution in [2.45, 2.75) is 42.9 Å². The first-order valence-corrected chi connectivity index (χ1v) is 11.3. The van der Waals surface area contributed by atoms with Gasteiger partial charge in [0.1, 0.15) is 11.9 Å². The number of ether oxygens (including phenoxy) is 1. The highest BCUT2D eigenvalue weighted by Gasteiger charge is 2.53. The van der Waals surface area contributed by atoms with Crippen LogP contribution in [0.3, 0.4) is 0 Å². The minimum Gasteiger partial charge on any atom is -0.483 e. The van der Waals surface area contributed by atoms with Gasteiger partial charge in [-0.25, -0.2) is 4.39 Å². The molecule has 1 aliphatic carbocycles. The molecule has 0 saturated heterocycles. The maximum Gasteiger partial charge on any atom is 0.290 e. The van der Waals surface area contributed by atoms with Crippen LogP contribution in [0.4, 0.5) is 4.39 Å². The number of hydrogen-bond acceptors (Lipinski definition) is 4. The van der Waals surface area contributed by atoms with E-state index in [4.69, 9.17) is 16.3 Å². The van der Waals surface area contributed by atoms with Gasteiger partial charge in [-0.1, -0.05) is 42.5 Å². The van der Waals surface area contributed by atoms with Crippen LogP contribution in [0.25, 0.3) is 0 Å². The van der Waals surface area contributed by atoms with Gasteiger partial charge in [0, 0.05) is 5.38 Å². The summed E-state index contributed by atoms with van der Waals surface area (Å²) in [6.07, 6.45) is 0.454. The number of carbonyl (C=O) groups is 2. The molecule has 5 rings (SSSR count). The monoisotopic (exact) mass is 455 g/mol. The Morgan fingerprint density at radius 1 is 1.12 bits per heavy atom. The highest BCUT2D eigenvalue weighted by molar-refractivity contribution is 6.21. The lowest BCUT2D eigenvalue weighted by Crippen LogP contribution is -2.41. The molecule has 0 spiro atoms. The molecule has 166 valence electrons. The van der Waals surface area contributed by atoms with E-state index in [1.54, 1.807) is 36.4 Å². The molecule has 5 atom stereocenters. The van der Waals surface area contributed by atoms with Crippen LogP contribution in [0.5, 0.6) is 0 Å². The third kappa shape index (κ3) is 3.61. The van der Waals surface area contributed by atoms with Crippen LogP contribution >= 0.6 is 11.6 Å². The van der Waals surface area contributed by atoms with Crippen LogP contribution in [0.2, 0.25) is 0 Å². The van der Waals surface area contributed by atoms with Crippen LogP contribution in [0.15, 0.2) is 65.9 Å². The zero-order valence-corrected chi connectivity index (χ0v) is 18.0. The lowest BCUT2D eigenvalue weighted by molar-refractivity contribution is -0.136. The molecule has 0 radical (unpaired) electrons. The van der Waals surface area contributed by atoms with Crippen LogP contribution < -0.4 is 0 Å². The highest BCUT2D eigenvalue weighted by Crippen LogP contribution is 2.47. The molecule has 1 fully saturated rings. The summed E-state index contributed by atoms with van der Waals surface area (Å²) >= 11 is 6.33. The quantitative estimate of drug-likeness (QED) is 0.706. The van der Waals surface area contributed by atoms with Gasteiger partial charge in [0.2, 0.25) is 0 Å². The van der Waals surface area contributed by atoms with Crippen molar-refractivity contribution in [3.8, 4) is 0 Å². The van der Waals surface area contributed by atoms with Crippen molar-refractivity contribution in [1.82, 2.24) is 4.90 Å². The predicted molar refractivity (Wildman–Crippen MR) is 116 cm³/mol. The molecular weight excluding hydrogens is 433 g/mol. The van der Waals surface area contributed by atoms with E-state index in [0.717, 1.165) is 6.42 Å². The van der Waals surface area contributed by atoms with Crippen molar-refractivity contribution >= 4 is 23.3 Å². The number of alkyl halides is 1. The van der Waals surface area contributed by atoms with Crippen LogP contribution in [-0.2, 0) is 14.3 Å². The van der Waals surface area contributed by atoms with Crippen LogP contribution in [0, 0.1) is 11.7 Å². The van der Waals surface area contributed by atoms with Gasteiger partial charge < -0.3 is 14.7 Å². The van der Waals surface area contributed by atoms with Crippen LogP contribution in [0.1, 0.15) is 42.5 Å². The summed E-state index contributed by atoms with van der Waals surface area (Å²) in [5.41, 5.74) is 1.36. The van der Waals surface area contributed by atoms with Gasteiger partial charge >= 0.3 is 0 Å². The molecule has 1 saturated carbocycles. The van der Waals surface area contributed by atoms with E-state index in [9.17, 15) is 19.1 Å². The smallest absolute Gasteiger partial charge is 0.290 e. The van der Waals surface area contributed by atoms with Crippen molar-refractivity contribution in [1.29, 1.82) is 0 Å².